The van der Waals surface area contributed by atoms with Gasteiger partial charge in [0, 0.05) is 16.6 Å². The highest BCUT2D eigenvalue weighted by atomic mass is 32.2. The molecular formula is C16H22N2OS. The van der Waals surface area contributed by atoms with E-state index in [9.17, 15) is 4.79 Å². The molecule has 0 spiro atoms. The Morgan fingerprint density at radius 1 is 1.30 bits per heavy atom. The Bertz CT molecular complexity index is 491. The van der Waals surface area contributed by atoms with Crippen LogP contribution in [0.15, 0.2) is 29.2 Å². The summed E-state index contributed by atoms with van der Waals surface area (Å²) in [6.07, 6.45) is 4.26. The summed E-state index contributed by atoms with van der Waals surface area (Å²) in [7, 11) is 0. The molecule has 3 nitrogen and oxygen atoms in total. The lowest BCUT2D eigenvalue weighted by molar-refractivity contribution is -0.126. The fourth-order valence-electron chi connectivity index (χ4n) is 3.43. The number of nitrogens with one attached hydrogen (secondary N) is 1. The van der Waals surface area contributed by atoms with Crippen LogP contribution < -0.4 is 11.1 Å². The van der Waals surface area contributed by atoms with E-state index in [1.165, 1.54) is 10.5 Å². The Hall–Kier alpha value is -1.00. The van der Waals surface area contributed by atoms with Gasteiger partial charge in [-0.25, -0.2) is 0 Å². The summed E-state index contributed by atoms with van der Waals surface area (Å²) in [6.45, 7) is 0.634. The number of carbonyl (C=O) groups is 1. The average Bonchev–Trinajstić information content (AvgIpc) is 2.96. The molecule has 1 aliphatic heterocycles. The van der Waals surface area contributed by atoms with Crippen molar-refractivity contribution >= 4 is 17.7 Å². The van der Waals surface area contributed by atoms with E-state index in [1.54, 1.807) is 0 Å². The number of benzene rings is 1. The highest BCUT2D eigenvalue weighted by Gasteiger charge is 2.33. The van der Waals surface area contributed by atoms with Gasteiger partial charge in [0.15, 0.2) is 0 Å². The van der Waals surface area contributed by atoms with Gasteiger partial charge < -0.3 is 11.1 Å². The van der Waals surface area contributed by atoms with Gasteiger partial charge in [0.1, 0.15) is 0 Å². The van der Waals surface area contributed by atoms with Gasteiger partial charge in [-0.2, -0.15) is 0 Å². The predicted octanol–water partition coefficient (Wildman–Crippen LogP) is 2.71. The van der Waals surface area contributed by atoms with E-state index in [4.69, 9.17) is 5.73 Å². The zero-order chi connectivity index (χ0) is 13.9. The number of rotatable bonds is 3. The largest absolute Gasteiger partial charge is 0.349 e. The van der Waals surface area contributed by atoms with E-state index in [0.29, 0.717) is 12.5 Å². The molecule has 20 heavy (non-hydrogen) atoms. The first-order valence-corrected chi connectivity index (χ1v) is 8.50. The standard InChI is InChI=1S/C16H22N2OS/c17-10-11-4-3-6-12(11)16(19)18-14-8-9-20-15-7-2-1-5-13(14)15/h1-2,5,7,11-12,14H,3-4,6,8-10,17H2,(H,18,19)/t11-,12-,14?/m1/s1. The molecule has 1 aromatic carbocycles. The minimum absolute atomic E-state index is 0.127. The molecule has 1 aromatic rings. The summed E-state index contributed by atoms with van der Waals surface area (Å²) >= 11 is 1.89. The molecule has 108 valence electrons. The molecule has 1 fully saturated rings. The van der Waals surface area contributed by atoms with Crippen molar-refractivity contribution in [2.24, 2.45) is 17.6 Å². The van der Waals surface area contributed by atoms with Gasteiger partial charge in [-0.3, -0.25) is 4.79 Å². The van der Waals surface area contributed by atoms with Crippen LogP contribution in [0.3, 0.4) is 0 Å². The number of hydrogen-bond acceptors (Lipinski definition) is 3. The highest BCUT2D eigenvalue weighted by molar-refractivity contribution is 7.99. The predicted molar refractivity (Wildman–Crippen MR) is 82.6 cm³/mol. The smallest absolute Gasteiger partial charge is 0.223 e. The lowest BCUT2D eigenvalue weighted by Crippen LogP contribution is -2.38. The van der Waals surface area contributed by atoms with E-state index < -0.39 is 0 Å². The molecule has 2 aliphatic rings. The molecule has 1 unspecified atom stereocenters. The van der Waals surface area contributed by atoms with Crippen molar-refractivity contribution < 1.29 is 4.79 Å². The maximum atomic E-state index is 12.5. The summed E-state index contributed by atoms with van der Waals surface area (Å²) in [5.74, 6) is 1.79. The minimum atomic E-state index is 0.127. The Balaban J connectivity index is 1.71. The molecule has 4 heteroatoms. The summed E-state index contributed by atoms with van der Waals surface area (Å²) in [6, 6.07) is 8.59. The second-order valence-electron chi connectivity index (χ2n) is 5.77. The van der Waals surface area contributed by atoms with Gasteiger partial charge in [-0.05, 0) is 43.4 Å². The van der Waals surface area contributed by atoms with Gasteiger partial charge in [-0.1, -0.05) is 24.6 Å². The molecule has 0 radical (unpaired) electrons. The lowest BCUT2D eigenvalue weighted by Gasteiger charge is -2.28. The third-order valence-corrected chi connectivity index (χ3v) is 5.70. The van der Waals surface area contributed by atoms with Crippen molar-refractivity contribution in [1.29, 1.82) is 0 Å². The van der Waals surface area contributed by atoms with Gasteiger partial charge in [0.2, 0.25) is 5.91 Å². The van der Waals surface area contributed by atoms with Gasteiger partial charge >= 0.3 is 0 Å². The lowest BCUT2D eigenvalue weighted by atomic mass is 9.94. The molecule has 0 aromatic heterocycles. The summed E-state index contributed by atoms with van der Waals surface area (Å²) in [5.41, 5.74) is 7.07. The van der Waals surface area contributed by atoms with E-state index in [1.807, 2.05) is 11.8 Å². The molecular weight excluding hydrogens is 268 g/mol. The van der Waals surface area contributed by atoms with Crippen molar-refractivity contribution in [2.75, 3.05) is 12.3 Å². The normalized spacial score (nSPS) is 28.9. The van der Waals surface area contributed by atoms with Crippen molar-refractivity contribution in [3.63, 3.8) is 0 Å². The van der Waals surface area contributed by atoms with Crippen LogP contribution in [-0.4, -0.2) is 18.2 Å². The molecule has 0 saturated heterocycles. The fourth-order valence-corrected chi connectivity index (χ4v) is 4.56. The van der Waals surface area contributed by atoms with Crippen LogP contribution >= 0.6 is 11.8 Å². The Kier molecular flexibility index (Phi) is 4.32. The molecule has 0 bridgehead atoms. The minimum Gasteiger partial charge on any atom is -0.349 e. The van der Waals surface area contributed by atoms with Crippen molar-refractivity contribution in [2.45, 2.75) is 36.6 Å². The van der Waals surface area contributed by atoms with Crippen LogP contribution in [0, 0.1) is 11.8 Å². The zero-order valence-corrected chi connectivity index (χ0v) is 12.5. The number of carbonyl (C=O) groups excluding carboxylic acids is 1. The highest BCUT2D eigenvalue weighted by Crippen LogP contribution is 2.37. The average molecular weight is 290 g/mol. The molecule has 1 aliphatic carbocycles. The van der Waals surface area contributed by atoms with Crippen LogP contribution in [0.4, 0.5) is 0 Å². The summed E-state index contributed by atoms with van der Waals surface area (Å²) in [5, 5.41) is 3.27. The molecule has 3 rings (SSSR count). The number of nitrogens with two attached hydrogens (primary N) is 1. The molecule has 3 N–H and O–H groups in total. The Morgan fingerprint density at radius 3 is 3.00 bits per heavy atom. The zero-order valence-electron chi connectivity index (χ0n) is 11.7. The maximum Gasteiger partial charge on any atom is 0.223 e. The van der Waals surface area contributed by atoms with Crippen molar-refractivity contribution in [3.8, 4) is 0 Å². The quantitative estimate of drug-likeness (QED) is 0.900. The van der Waals surface area contributed by atoms with Crippen LogP contribution in [-0.2, 0) is 4.79 Å². The summed E-state index contributed by atoms with van der Waals surface area (Å²) in [4.78, 5) is 13.8. The molecule has 1 heterocycles. The van der Waals surface area contributed by atoms with Gasteiger partial charge in [-0.15, -0.1) is 11.8 Å². The second-order valence-corrected chi connectivity index (χ2v) is 6.91. The topological polar surface area (TPSA) is 55.1 Å². The first-order chi connectivity index (χ1) is 9.79. The monoisotopic (exact) mass is 290 g/mol. The Labute approximate surface area is 124 Å². The van der Waals surface area contributed by atoms with E-state index >= 15 is 0 Å². The molecule has 3 atom stereocenters. The summed E-state index contributed by atoms with van der Waals surface area (Å²) < 4.78 is 0. The van der Waals surface area contributed by atoms with E-state index in [0.717, 1.165) is 31.4 Å². The fraction of sp³-hybridized carbons (Fsp3) is 0.562. The van der Waals surface area contributed by atoms with Crippen molar-refractivity contribution in [1.82, 2.24) is 5.32 Å². The van der Waals surface area contributed by atoms with Gasteiger partial charge in [0.25, 0.3) is 0 Å². The second kappa shape index (κ2) is 6.19. The number of amides is 1. The molecule has 1 saturated carbocycles. The third kappa shape index (κ3) is 2.72. The number of hydrogen-bond donors (Lipinski definition) is 2. The molecule has 1 amide bonds. The first kappa shape index (κ1) is 14.0. The number of fused-ring (bicyclic) bond motifs is 1. The van der Waals surface area contributed by atoms with Crippen LogP contribution in [0.1, 0.15) is 37.3 Å². The van der Waals surface area contributed by atoms with Crippen LogP contribution in [0.5, 0.6) is 0 Å². The third-order valence-electron chi connectivity index (χ3n) is 4.57. The SMILES string of the molecule is NC[C@H]1CCC[C@H]1C(=O)NC1CCSc2ccccc21. The maximum absolute atomic E-state index is 12.5. The van der Waals surface area contributed by atoms with Gasteiger partial charge in [0.05, 0.1) is 6.04 Å². The first-order valence-electron chi connectivity index (χ1n) is 7.51. The van der Waals surface area contributed by atoms with Crippen molar-refractivity contribution in [3.05, 3.63) is 29.8 Å². The number of thioether (sulfide) groups is 1. The van der Waals surface area contributed by atoms with E-state index in [2.05, 4.69) is 29.6 Å². The van der Waals surface area contributed by atoms with Crippen LogP contribution in [0.25, 0.3) is 0 Å². The Morgan fingerprint density at radius 2 is 2.15 bits per heavy atom. The van der Waals surface area contributed by atoms with E-state index in [-0.39, 0.29) is 17.9 Å². The van der Waals surface area contributed by atoms with Crippen LogP contribution in [0.2, 0.25) is 0 Å².